The van der Waals surface area contributed by atoms with Crippen molar-refractivity contribution in [2.24, 2.45) is 0 Å². The lowest BCUT2D eigenvalue weighted by Gasteiger charge is -2.20. The molecule has 0 saturated heterocycles. The largest absolute Gasteiger partial charge is 0.495 e. The number of pyridine rings is 2. The van der Waals surface area contributed by atoms with Gasteiger partial charge in [-0.05, 0) is 75.1 Å². The average molecular weight is 556 g/mol. The number of benzene rings is 1. The van der Waals surface area contributed by atoms with E-state index < -0.39 is 22.7 Å². The summed E-state index contributed by atoms with van der Waals surface area (Å²) in [4.78, 5) is 19.3. The second kappa shape index (κ2) is 10.8. The predicted octanol–water partition coefficient (Wildman–Crippen LogP) is 5.91. The van der Waals surface area contributed by atoms with Crippen LogP contribution in [0.2, 0.25) is 0 Å². The maximum Gasteiger partial charge on any atom is 0.406 e. The summed E-state index contributed by atoms with van der Waals surface area (Å²) in [5, 5.41) is 15.8. The number of nitrogens with zero attached hydrogens (tertiary/aromatic N) is 5. The number of aromatic nitrogens is 4. The monoisotopic (exact) mass is 555 g/mol. The smallest absolute Gasteiger partial charge is 0.406 e. The molecule has 0 bridgehead atoms. The van der Waals surface area contributed by atoms with Crippen LogP contribution in [0.1, 0.15) is 36.6 Å². The molecule has 4 rings (SSSR count). The molecule has 0 aliphatic carbocycles. The minimum Gasteiger partial charge on any atom is -0.495 e. The summed E-state index contributed by atoms with van der Waals surface area (Å²) in [5.74, 6) is -0.350. The summed E-state index contributed by atoms with van der Waals surface area (Å²) in [6.07, 6.45) is 6.42. The molecule has 1 atom stereocenters. The van der Waals surface area contributed by atoms with Gasteiger partial charge in [-0.1, -0.05) is 0 Å². The van der Waals surface area contributed by atoms with E-state index in [1.165, 1.54) is 24.4 Å². The zero-order valence-electron chi connectivity index (χ0n) is 19.8. The van der Waals surface area contributed by atoms with Gasteiger partial charge >= 0.3 is 5.82 Å². The first-order valence-electron chi connectivity index (χ1n) is 11.1. The van der Waals surface area contributed by atoms with Crippen LogP contribution in [-0.2, 0) is 13.0 Å². The Bertz CT molecular complexity index is 1410. The maximum atomic E-state index is 14.4. The highest BCUT2D eigenvalue weighted by molar-refractivity contribution is 9.10. The van der Waals surface area contributed by atoms with Crippen molar-refractivity contribution in [2.45, 2.75) is 32.9 Å². The Hall–Kier alpha value is -3.86. The third-order valence-electron chi connectivity index (χ3n) is 5.57. The van der Waals surface area contributed by atoms with Crippen LogP contribution >= 0.6 is 15.9 Å². The Labute approximate surface area is 215 Å². The van der Waals surface area contributed by atoms with Crippen LogP contribution < -0.4 is 9.47 Å². The minimum atomic E-state index is -0.759. The molecule has 4 aromatic rings. The van der Waals surface area contributed by atoms with Crippen molar-refractivity contribution in [3.63, 3.8) is 0 Å². The maximum absolute atomic E-state index is 14.4. The van der Waals surface area contributed by atoms with Gasteiger partial charge in [0, 0.05) is 36.4 Å². The zero-order chi connectivity index (χ0) is 25.8. The molecule has 0 radical (unpaired) electrons. The van der Waals surface area contributed by atoms with Crippen molar-refractivity contribution in [3.8, 4) is 22.8 Å². The Morgan fingerprint density at radius 2 is 2.00 bits per heavy atom. The number of methoxy groups -OCH3 is 1. The van der Waals surface area contributed by atoms with Gasteiger partial charge in [0.1, 0.15) is 17.7 Å². The molecule has 0 aliphatic rings. The second-order valence-corrected chi connectivity index (χ2v) is 8.90. The molecule has 0 fully saturated rings. The van der Waals surface area contributed by atoms with Gasteiger partial charge in [-0.15, -0.1) is 0 Å². The molecule has 0 unspecified atom stereocenters. The summed E-state index contributed by atoms with van der Waals surface area (Å²) in [5.41, 5.74) is 3.56. The fourth-order valence-electron chi connectivity index (χ4n) is 3.84. The standard InChI is InChI=1S/C25H23BrFN5O4/c1-4-31-14-16(11-30-31)7-17-8-20(35-3)13-28-24(17)21-6-5-19(27)10-22(21)15(2)36-23-9-18(26)12-29-25(23)32(33)34/h5-6,8-15H,4,7H2,1-3H3/t15-/m1/s1. The highest BCUT2D eigenvalue weighted by atomic mass is 79.9. The lowest BCUT2D eigenvalue weighted by Crippen LogP contribution is -2.09. The Balaban J connectivity index is 1.77. The number of hydrogen-bond donors (Lipinski definition) is 0. The molecule has 0 amide bonds. The van der Waals surface area contributed by atoms with E-state index in [0.29, 0.717) is 33.5 Å². The third kappa shape index (κ3) is 5.51. The Morgan fingerprint density at radius 1 is 1.19 bits per heavy atom. The third-order valence-corrected chi connectivity index (χ3v) is 6.00. The van der Waals surface area contributed by atoms with E-state index in [4.69, 9.17) is 9.47 Å². The summed E-state index contributed by atoms with van der Waals surface area (Å²) >= 11 is 3.26. The summed E-state index contributed by atoms with van der Waals surface area (Å²) in [6.45, 7) is 4.45. The van der Waals surface area contributed by atoms with Crippen molar-refractivity contribution in [1.29, 1.82) is 0 Å². The zero-order valence-corrected chi connectivity index (χ0v) is 21.4. The van der Waals surface area contributed by atoms with Crippen molar-refractivity contribution in [2.75, 3.05) is 7.11 Å². The highest BCUT2D eigenvalue weighted by Gasteiger charge is 2.24. The molecule has 0 saturated carbocycles. The van der Waals surface area contributed by atoms with Crippen molar-refractivity contribution in [1.82, 2.24) is 19.7 Å². The molecular weight excluding hydrogens is 533 g/mol. The fourth-order valence-corrected chi connectivity index (χ4v) is 4.15. The van der Waals surface area contributed by atoms with Crippen LogP contribution in [0.25, 0.3) is 11.3 Å². The SMILES string of the molecule is CCn1cc(Cc2cc(OC)cnc2-c2ccc(F)cc2[C@@H](C)Oc2cc(Br)cnc2[N+](=O)[O-])cn1. The lowest BCUT2D eigenvalue weighted by atomic mass is 9.94. The first-order valence-corrected chi connectivity index (χ1v) is 11.9. The summed E-state index contributed by atoms with van der Waals surface area (Å²) in [6, 6.07) is 7.67. The van der Waals surface area contributed by atoms with Crippen molar-refractivity contribution < 1.29 is 18.8 Å². The van der Waals surface area contributed by atoms with E-state index >= 15 is 0 Å². The highest BCUT2D eigenvalue weighted by Crippen LogP contribution is 2.37. The van der Waals surface area contributed by atoms with Crippen molar-refractivity contribution >= 4 is 21.7 Å². The van der Waals surface area contributed by atoms with Gasteiger partial charge in [-0.25, -0.2) is 4.39 Å². The van der Waals surface area contributed by atoms with Gasteiger partial charge < -0.3 is 19.6 Å². The normalized spacial score (nSPS) is 11.8. The van der Waals surface area contributed by atoms with Gasteiger partial charge in [-0.2, -0.15) is 5.10 Å². The van der Waals surface area contributed by atoms with E-state index in [1.54, 1.807) is 32.5 Å². The number of ether oxygens (including phenoxy) is 2. The van der Waals surface area contributed by atoms with Crippen LogP contribution in [0, 0.1) is 15.9 Å². The molecule has 9 nitrogen and oxygen atoms in total. The molecule has 1 aromatic carbocycles. The lowest BCUT2D eigenvalue weighted by molar-refractivity contribution is -0.390. The van der Waals surface area contributed by atoms with E-state index in [2.05, 4.69) is 31.0 Å². The van der Waals surface area contributed by atoms with E-state index in [0.717, 1.165) is 17.7 Å². The van der Waals surface area contributed by atoms with E-state index in [-0.39, 0.29) is 5.75 Å². The van der Waals surface area contributed by atoms with Crippen LogP contribution in [-0.4, -0.2) is 31.8 Å². The molecule has 0 aliphatic heterocycles. The summed E-state index contributed by atoms with van der Waals surface area (Å²) < 4.78 is 28.1. The number of nitro groups is 1. The fraction of sp³-hybridized carbons (Fsp3) is 0.240. The molecular formula is C25H23BrFN5O4. The number of halogens is 2. The molecule has 3 heterocycles. The van der Waals surface area contributed by atoms with Crippen LogP contribution in [0.15, 0.2) is 59.6 Å². The average Bonchev–Trinajstić information content (AvgIpc) is 3.31. The second-order valence-electron chi connectivity index (χ2n) is 7.99. The molecule has 0 spiro atoms. The molecule has 36 heavy (non-hydrogen) atoms. The van der Waals surface area contributed by atoms with E-state index in [9.17, 15) is 14.5 Å². The van der Waals surface area contributed by atoms with Crippen molar-refractivity contribution in [3.05, 3.63) is 92.2 Å². The van der Waals surface area contributed by atoms with Gasteiger partial charge in [0.05, 0.1) is 29.7 Å². The van der Waals surface area contributed by atoms with Gasteiger partial charge in [0.15, 0.2) is 6.20 Å². The molecule has 0 N–H and O–H groups in total. The number of hydrogen-bond acceptors (Lipinski definition) is 7. The molecule has 3 aromatic heterocycles. The molecule has 186 valence electrons. The van der Waals surface area contributed by atoms with E-state index in [1.807, 2.05) is 23.9 Å². The summed E-state index contributed by atoms with van der Waals surface area (Å²) in [7, 11) is 1.56. The topological polar surface area (TPSA) is 105 Å². The predicted molar refractivity (Wildman–Crippen MR) is 135 cm³/mol. The minimum absolute atomic E-state index is 0.0352. The quantitative estimate of drug-likeness (QED) is 0.187. The van der Waals surface area contributed by atoms with Gasteiger partial charge in [-0.3, -0.25) is 9.67 Å². The number of rotatable bonds is 9. The van der Waals surface area contributed by atoms with Gasteiger partial charge in [0.2, 0.25) is 5.75 Å². The first-order chi connectivity index (χ1) is 17.3. The Morgan fingerprint density at radius 3 is 2.69 bits per heavy atom. The van der Waals surface area contributed by atoms with Crippen LogP contribution in [0.3, 0.4) is 0 Å². The van der Waals surface area contributed by atoms with Crippen LogP contribution in [0.5, 0.6) is 11.5 Å². The van der Waals surface area contributed by atoms with Crippen LogP contribution in [0.4, 0.5) is 10.2 Å². The molecule has 11 heteroatoms. The van der Waals surface area contributed by atoms with Gasteiger partial charge in [0.25, 0.3) is 0 Å². The number of aryl methyl sites for hydroxylation is 1. The Kier molecular flexibility index (Phi) is 7.58. The first kappa shape index (κ1) is 25.2.